The second-order valence-corrected chi connectivity index (χ2v) is 4.96. The smallest absolute Gasteiger partial charge is 0.120 e. The number of nitriles is 1. The van der Waals surface area contributed by atoms with Gasteiger partial charge in [0.25, 0.3) is 0 Å². The third-order valence-electron chi connectivity index (χ3n) is 4.02. The lowest BCUT2D eigenvalue weighted by Gasteiger charge is -2.41. The molecule has 1 aromatic heterocycles. The van der Waals surface area contributed by atoms with Crippen LogP contribution in [0, 0.1) is 18.3 Å². The Hall–Kier alpha value is -1.31. The summed E-state index contributed by atoms with van der Waals surface area (Å²) in [4.78, 5) is 0. The van der Waals surface area contributed by atoms with Crippen molar-refractivity contribution < 1.29 is 5.11 Å². The van der Waals surface area contributed by atoms with E-state index in [1.54, 1.807) is 0 Å². The van der Waals surface area contributed by atoms with Crippen molar-refractivity contribution in [3.05, 3.63) is 23.0 Å². The summed E-state index contributed by atoms with van der Waals surface area (Å²) in [5.74, 6) is 0. The second kappa shape index (κ2) is 4.52. The molecule has 0 aliphatic heterocycles. The van der Waals surface area contributed by atoms with Crippen LogP contribution in [0.3, 0.4) is 0 Å². The first-order valence-corrected chi connectivity index (χ1v) is 6.03. The number of rotatable bonds is 4. The van der Waals surface area contributed by atoms with E-state index in [4.69, 9.17) is 5.26 Å². The third kappa shape index (κ3) is 2.08. The van der Waals surface area contributed by atoms with Crippen LogP contribution in [0.5, 0.6) is 0 Å². The SMILES string of the molecule is Cc1c(CNC2(CO)CCC2)cc(C#N)n1C. The predicted molar refractivity (Wildman–Crippen MR) is 65.4 cm³/mol. The van der Waals surface area contributed by atoms with Gasteiger partial charge in [-0.2, -0.15) is 5.26 Å². The fourth-order valence-corrected chi connectivity index (χ4v) is 2.33. The summed E-state index contributed by atoms with van der Waals surface area (Å²) in [5, 5.41) is 21.8. The van der Waals surface area contributed by atoms with E-state index in [-0.39, 0.29) is 12.1 Å². The Balaban J connectivity index is 2.07. The van der Waals surface area contributed by atoms with Gasteiger partial charge in [0.2, 0.25) is 0 Å². The lowest BCUT2D eigenvalue weighted by atomic mass is 9.77. The molecule has 0 atom stereocenters. The average molecular weight is 233 g/mol. The van der Waals surface area contributed by atoms with Gasteiger partial charge in [-0.05, 0) is 37.8 Å². The van der Waals surface area contributed by atoms with Crippen molar-refractivity contribution in [2.24, 2.45) is 7.05 Å². The molecule has 0 aromatic carbocycles. The fraction of sp³-hybridized carbons (Fsp3) is 0.615. The Bertz CT molecular complexity index is 446. The van der Waals surface area contributed by atoms with E-state index in [0.29, 0.717) is 5.69 Å². The van der Waals surface area contributed by atoms with Crippen LogP contribution < -0.4 is 5.32 Å². The molecule has 1 aromatic rings. The first kappa shape index (κ1) is 12.2. The van der Waals surface area contributed by atoms with Crippen LogP contribution in [0.4, 0.5) is 0 Å². The Morgan fingerprint density at radius 1 is 1.59 bits per heavy atom. The highest BCUT2D eigenvalue weighted by atomic mass is 16.3. The van der Waals surface area contributed by atoms with Crippen LogP contribution in [0.15, 0.2) is 6.07 Å². The molecule has 4 heteroatoms. The van der Waals surface area contributed by atoms with Gasteiger partial charge in [0.05, 0.1) is 6.61 Å². The number of aromatic nitrogens is 1. The Morgan fingerprint density at radius 3 is 2.71 bits per heavy atom. The van der Waals surface area contributed by atoms with Gasteiger partial charge in [0.15, 0.2) is 0 Å². The minimum Gasteiger partial charge on any atom is -0.394 e. The number of aliphatic hydroxyl groups excluding tert-OH is 1. The molecule has 1 heterocycles. The molecular formula is C13H19N3O. The highest BCUT2D eigenvalue weighted by Gasteiger charge is 2.35. The molecule has 4 nitrogen and oxygen atoms in total. The minimum absolute atomic E-state index is 0.0743. The van der Waals surface area contributed by atoms with Crippen molar-refractivity contribution in [2.75, 3.05) is 6.61 Å². The van der Waals surface area contributed by atoms with Gasteiger partial charge in [-0.15, -0.1) is 0 Å². The Morgan fingerprint density at radius 2 is 2.29 bits per heavy atom. The topological polar surface area (TPSA) is 61.0 Å². The number of hydrogen-bond acceptors (Lipinski definition) is 3. The fourth-order valence-electron chi connectivity index (χ4n) is 2.33. The summed E-state index contributed by atoms with van der Waals surface area (Å²) < 4.78 is 1.91. The van der Waals surface area contributed by atoms with Crippen LogP contribution in [-0.4, -0.2) is 21.8 Å². The molecule has 17 heavy (non-hydrogen) atoms. The van der Waals surface area contributed by atoms with Crippen LogP contribution in [0.2, 0.25) is 0 Å². The van der Waals surface area contributed by atoms with E-state index in [1.807, 2.05) is 24.6 Å². The zero-order valence-electron chi connectivity index (χ0n) is 10.5. The van der Waals surface area contributed by atoms with Crippen molar-refractivity contribution in [2.45, 2.75) is 38.3 Å². The average Bonchev–Trinajstić information content (AvgIpc) is 2.56. The standard InChI is InChI=1S/C13H19N3O/c1-10-11(6-12(7-14)16(10)2)8-15-13(9-17)4-3-5-13/h6,15,17H,3-5,8-9H2,1-2H3. The molecule has 0 spiro atoms. The zero-order chi connectivity index (χ0) is 12.5. The summed E-state index contributed by atoms with van der Waals surface area (Å²) in [6.45, 7) is 2.94. The number of nitrogens with zero attached hydrogens (tertiary/aromatic N) is 2. The minimum atomic E-state index is -0.0743. The molecule has 2 N–H and O–H groups in total. The van der Waals surface area contributed by atoms with Crippen LogP contribution >= 0.6 is 0 Å². The highest BCUT2D eigenvalue weighted by Crippen LogP contribution is 2.31. The van der Waals surface area contributed by atoms with E-state index in [1.165, 1.54) is 6.42 Å². The maximum absolute atomic E-state index is 9.37. The number of aliphatic hydroxyl groups is 1. The summed E-state index contributed by atoms with van der Waals surface area (Å²) in [5.41, 5.74) is 2.87. The molecule has 0 amide bonds. The molecule has 1 aliphatic carbocycles. The summed E-state index contributed by atoms with van der Waals surface area (Å²) >= 11 is 0. The Labute approximate surface area is 102 Å². The van der Waals surface area contributed by atoms with E-state index >= 15 is 0 Å². The summed E-state index contributed by atoms with van der Waals surface area (Å²) in [6.07, 6.45) is 3.27. The first-order valence-electron chi connectivity index (χ1n) is 6.03. The quantitative estimate of drug-likeness (QED) is 0.821. The summed E-state index contributed by atoms with van der Waals surface area (Å²) in [7, 11) is 1.91. The highest BCUT2D eigenvalue weighted by molar-refractivity contribution is 5.34. The van der Waals surface area contributed by atoms with E-state index in [9.17, 15) is 5.11 Å². The monoisotopic (exact) mass is 233 g/mol. The van der Waals surface area contributed by atoms with Crippen molar-refractivity contribution in [3.8, 4) is 6.07 Å². The maximum Gasteiger partial charge on any atom is 0.120 e. The molecule has 1 saturated carbocycles. The van der Waals surface area contributed by atoms with E-state index < -0.39 is 0 Å². The molecular weight excluding hydrogens is 214 g/mol. The largest absolute Gasteiger partial charge is 0.394 e. The third-order valence-corrected chi connectivity index (χ3v) is 4.02. The molecule has 2 rings (SSSR count). The van der Waals surface area contributed by atoms with Crippen molar-refractivity contribution in [1.82, 2.24) is 9.88 Å². The number of hydrogen-bond donors (Lipinski definition) is 2. The van der Waals surface area contributed by atoms with Crippen LogP contribution in [0.1, 0.15) is 36.2 Å². The van der Waals surface area contributed by atoms with Crippen molar-refractivity contribution in [1.29, 1.82) is 5.26 Å². The van der Waals surface area contributed by atoms with Gasteiger partial charge in [-0.1, -0.05) is 0 Å². The number of nitrogens with one attached hydrogen (secondary N) is 1. The molecule has 0 unspecified atom stereocenters. The van der Waals surface area contributed by atoms with Crippen molar-refractivity contribution in [3.63, 3.8) is 0 Å². The normalized spacial score (nSPS) is 17.5. The van der Waals surface area contributed by atoms with Crippen molar-refractivity contribution >= 4 is 0 Å². The van der Waals surface area contributed by atoms with Gasteiger partial charge >= 0.3 is 0 Å². The lowest BCUT2D eigenvalue weighted by Crippen LogP contribution is -2.53. The second-order valence-electron chi connectivity index (χ2n) is 4.96. The van der Waals surface area contributed by atoms with E-state index in [0.717, 1.165) is 30.6 Å². The van der Waals surface area contributed by atoms with E-state index in [2.05, 4.69) is 11.4 Å². The molecule has 0 radical (unpaired) electrons. The predicted octanol–water partition coefficient (Wildman–Crippen LogP) is 1.21. The molecule has 1 aliphatic rings. The van der Waals surface area contributed by atoms with Crippen LogP contribution in [-0.2, 0) is 13.6 Å². The molecule has 0 bridgehead atoms. The molecule has 1 fully saturated rings. The van der Waals surface area contributed by atoms with Gasteiger partial charge in [-0.25, -0.2) is 0 Å². The lowest BCUT2D eigenvalue weighted by molar-refractivity contribution is 0.0871. The zero-order valence-corrected chi connectivity index (χ0v) is 10.5. The maximum atomic E-state index is 9.37. The van der Waals surface area contributed by atoms with Gasteiger partial charge in [0, 0.05) is 24.8 Å². The molecule has 0 saturated heterocycles. The van der Waals surface area contributed by atoms with Gasteiger partial charge < -0.3 is 15.0 Å². The van der Waals surface area contributed by atoms with Crippen LogP contribution in [0.25, 0.3) is 0 Å². The van der Waals surface area contributed by atoms with Gasteiger partial charge in [0.1, 0.15) is 11.8 Å². The van der Waals surface area contributed by atoms with Gasteiger partial charge in [-0.3, -0.25) is 0 Å². The Kier molecular flexibility index (Phi) is 3.23. The summed E-state index contributed by atoms with van der Waals surface area (Å²) in [6, 6.07) is 4.10. The first-order chi connectivity index (χ1) is 8.12. The molecule has 92 valence electrons.